The minimum atomic E-state index is -0.989. The molecule has 0 aliphatic carbocycles. The van der Waals surface area contributed by atoms with Crippen LogP contribution in [0, 0.1) is 11.6 Å². The first kappa shape index (κ1) is 12.3. The van der Waals surface area contributed by atoms with Gasteiger partial charge in [-0.1, -0.05) is 6.08 Å². The van der Waals surface area contributed by atoms with Crippen LogP contribution in [0.5, 0.6) is 0 Å². The number of rotatable bonds is 5. The molecule has 0 saturated heterocycles. The number of anilines is 1. The van der Waals surface area contributed by atoms with Crippen LogP contribution in [-0.2, 0) is 4.79 Å². The zero-order chi connectivity index (χ0) is 12.0. The van der Waals surface area contributed by atoms with Crippen LogP contribution in [0.4, 0.5) is 14.5 Å². The number of carbonyl (C=O) groups excluding carboxylic acids is 1. The first-order chi connectivity index (χ1) is 7.63. The summed E-state index contributed by atoms with van der Waals surface area (Å²) in [4.78, 5) is 11.3. The Kier molecular flexibility index (Phi) is 4.60. The van der Waals surface area contributed by atoms with Gasteiger partial charge in [-0.3, -0.25) is 4.79 Å². The predicted molar refractivity (Wildman–Crippen MR) is 58.1 cm³/mol. The molecule has 5 heteroatoms. The summed E-state index contributed by atoms with van der Waals surface area (Å²) in [7, 11) is 0. The van der Waals surface area contributed by atoms with Gasteiger partial charge in [-0.15, -0.1) is 6.58 Å². The predicted octanol–water partition coefficient (Wildman–Crippen LogP) is 1.68. The third-order valence-corrected chi connectivity index (χ3v) is 1.78. The first-order valence-corrected chi connectivity index (χ1v) is 4.70. The lowest BCUT2D eigenvalue weighted by Gasteiger charge is -2.05. The molecular weight excluding hydrogens is 214 g/mol. The van der Waals surface area contributed by atoms with E-state index in [0.29, 0.717) is 6.54 Å². The molecule has 0 aromatic heterocycles. The second kappa shape index (κ2) is 5.97. The molecule has 3 nitrogen and oxygen atoms in total. The SMILES string of the molecule is C=CCNCC(=O)Nc1ccc(F)c(F)c1. The summed E-state index contributed by atoms with van der Waals surface area (Å²) < 4.78 is 25.4. The van der Waals surface area contributed by atoms with Crippen molar-refractivity contribution in [2.24, 2.45) is 0 Å². The fourth-order valence-electron chi connectivity index (χ4n) is 1.07. The summed E-state index contributed by atoms with van der Waals surface area (Å²) in [5.74, 6) is -2.26. The number of halogens is 2. The van der Waals surface area contributed by atoms with Crippen molar-refractivity contribution in [3.05, 3.63) is 42.5 Å². The molecule has 1 aromatic carbocycles. The highest BCUT2D eigenvalue weighted by Gasteiger charge is 2.05. The Balaban J connectivity index is 2.49. The maximum Gasteiger partial charge on any atom is 0.238 e. The van der Waals surface area contributed by atoms with Gasteiger partial charge in [0.1, 0.15) is 0 Å². The van der Waals surface area contributed by atoms with Crippen molar-refractivity contribution in [1.29, 1.82) is 0 Å². The number of hydrogen-bond donors (Lipinski definition) is 2. The summed E-state index contributed by atoms with van der Waals surface area (Å²) in [6.07, 6.45) is 1.62. The number of amides is 1. The normalized spacial score (nSPS) is 9.88. The number of hydrogen-bond acceptors (Lipinski definition) is 2. The Labute approximate surface area is 92.2 Å². The molecule has 0 aliphatic heterocycles. The molecule has 0 atom stereocenters. The lowest BCUT2D eigenvalue weighted by Crippen LogP contribution is -2.28. The summed E-state index contributed by atoms with van der Waals surface area (Å²) >= 11 is 0. The van der Waals surface area contributed by atoms with Crippen LogP contribution >= 0.6 is 0 Å². The maximum absolute atomic E-state index is 12.8. The van der Waals surface area contributed by atoms with Crippen molar-refractivity contribution < 1.29 is 13.6 Å². The van der Waals surface area contributed by atoms with Gasteiger partial charge >= 0.3 is 0 Å². The van der Waals surface area contributed by atoms with E-state index in [-0.39, 0.29) is 18.1 Å². The third kappa shape index (κ3) is 3.78. The van der Waals surface area contributed by atoms with Gasteiger partial charge in [0.2, 0.25) is 5.91 Å². The van der Waals surface area contributed by atoms with Gasteiger partial charge in [0.15, 0.2) is 11.6 Å². The van der Waals surface area contributed by atoms with E-state index >= 15 is 0 Å². The zero-order valence-electron chi connectivity index (χ0n) is 8.59. The third-order valence-electron chi connectivity index (χ3n) is 1.78. The second-order valence-electron chi connectivity index (χ2n) is 3.10. The van der Waals surface area contributed by atoms with Gasteiger partial charge in [0, 0.05) is 18.3 Å². The minimum Gasteiger partial charge on any atom is -0.325 e. The average molecular weight is 226 g/mol. The van der Waals surface area contributed by atoms with Gasteiger partial charge in [-0.05, 0) is 12.1 Å². The van der Waals surface area contributed by atoms with E-state index in [4.69, 9.17) is 0 Å². The molecule has 1 aromatic rings. The maximum atomic E-state index is 12.8. The summed E-state index contributed by atoms with van der Waals surface area (Å²) in [5, 5.41) is 5.21. The van der Waals surface area contributed by atoms with Crippen LogP contribution < -0.4 is 10.6 Å². The van der Waals surface area contributed by atoms with E-state index in [1.54, 1.807) is 6.08 Å². The highest BCUT2D eigenvalue weighted by molar-refractivity contribution is 5.92. The largest absolute Gasteiger partial charge is 0.325 e. The standard InChI is InChI=1S/C11H12F2N2O/c1-2-5-14-7-11(16)15-8-3-4-9(12)10(13)6-8/h2-4,6,14H,1,5,7H2,(H,15,16). The van der Waals surface area contributed by atoms with E-state index in [1.165, 1.54) is 6.07 Å². The smallest absolute Gasteiger partial charge is 0.238 e. The van der Waals surface area contributed by atoms with E-state index < -0.39 is 11.6 Å². The summed E-state index contributed by atoms with van der Waals surface area (Å²) in [6.45, 7) is 4.07. The van der Waals surface area contributed by atoms with Crippen LogP contribution in [0.25, 0.3) is 0 Å². The Bertz CT molecular complexity index is 394. The Hall–Kier alpha value is -1.75. The van der Waals surface area contributed by atoms with Crippen molar-refractivity contribution in [3.63, 3.8) is 0 Å². The number of carbonyl (C=O) groups is 1. The second-order valence-corrected chi connectivity index (χ2v) is 3.10. The highest BCUT2D eigenvalue weighted by atomic mass is 19.2. The van der Waals surface area contributed by atoms with E-state index in [1.807, 2.05) is 0 Å². The molecule has 0 fully saturated rings. The monoisotopic (exact) mass is 226 g/mol. The fraction of sp³-hybridized carbons (Fsp3) is 0.182. The molecule has 0 aliphatic rings. The van der Waals surface area contributed by atoms with Crippen LogP contribution in [-0.4, -0.2) is 19.0 Å². The number of benzene rings is 1. The van der Waals surface area contributed by atoms with Crippen molar-refractivity contribution in [2.75, 3.05) is 18.4 Å². The summed E-state index contributed by atoms with van der Waals surface area (Å²) in [5.41, 5.74) is 0.226. The molecule has 0 radical (unpaired) electrons. The fourth-order valence-corrected chi connectivity index (χ4v) is 1.07. The van der Waals surface area contributed by atoms with Crippen LogP contribution in [0.1, 0.15) is 0 Å². The van der Waals surface area contributed by atoms with Gasteiger partial charge in [-0.25, -0.2) is 8.78 Å². The van der Waals surface area contributed by atoms with Crippen molar-refractivity contribution in [1.82, 2.24) is 5.32 Å². The molecule has 0 unspecified atom stereocenters. The molecule has 0 spiro atoms. The quantitative estimate of drug-likeness (QED) is 0.592. The topological polar surface area (TPSA) is 41.1 Å². The minimum absolute atomic E-state index is 0.0883. The van der Waals surface area contributed by atoms with Crippen molar-refractivity contribution in [2.45, 2.75) is 0 Å². The van der Waals surface area contributed by atoms with Gasteiger partial charge < -0.3 is 10.6 Å². The van der Waals surface area contributed by atoms with Gasteiger partial charge in [-0.2, -0.15) is 0 Å². The molecule has 1 rings (SSSR count). The van der Waals surface area contributed by atoms with Crippen LogP contribution in [0.3, 0.4) is 0 Å². The summed E-state index contributed by atoms with van der Waals surface area (Å²) in [6, 6.07) is 3.19. The Morgan fingerprint density at radius 2 is 2.12 bits per heavy atom. The van der Waals surface area contributed by atoms with E-state index in [2.05, 4.69) is 17.2 Å². The highest BCUT2D eigenvalue weighted by Crippen LogP contribution is 2.12. The molecular formula is C11H12F2N2O. The average Bonchev–Trinajstić information content (AvgIpc) is 2.24. The molecule has 0 saturated carbocycles. The molecule has 0 bridgehead atoms. The van der Waals surface area contributed by atoms with E-state index in [0.717, 1.165) is 12.1 Å². The molecule has 86 valence electrons. The molecule has 1 amide bonds. The lowest BCUT2D eigenvalue weighted by atomic mass is 10.3. The Morgan fingerprint density at radius 1 is 1.38 bits per heavy atom. The van der Waals surface area contributed by atoms with Crippen LogP contribution in [0.15, 0.2) is 30.9 Å². The number of nitrogens with one attached hydrogen (secondary N) is 2. The van der Waals surface area contributed by atoms with Crippen molar-refractivity contribution >= 4 is 11.6 Å². The first-order valence-electron chi connectivity index (χ1n) is 4.70. The van der Waals surface area contributed by atoms with E-state index in [9.17, 15) is 13.6 Å². The lowest BCUT2D eigenvalue weighted by molar-refractivity contribution is -0.115. The van der Waals surface area contributed by atoms with Crippen LogP contribution in [0.2, 0.25) is 0 Å². The van der Waals surface area contributed by atoms with Gasteiger partial charge in [0.05, 0.1) is 6.54 Å². The molecule has 2 N–H and O–H groups in total. The molecule has 16 heavy (non-hydrogen) atoms. The van der Waals surface area contributed by atoms with Crippen molar-refractivity contribution in [3.8, 4) is 0 Å². The molecule has 0 heterocycles. The Morgan fingerprint density at radius 3 is 2.75 bits per heavy atom. The van der Waals surface area contributed by atoms with Gasteiger partial charge in [0.25, 0.3) is 0 Å². The zero-order valence-corrected chi connectivity index (χ0v) is 8.59.